The molecule has 10 nitrogen and oxygen atoms in total. The Morgan fingerprint density at radius 3 is 2.28 bits per heavy atom. The Labute approximate surface area is 258 Å². The number of benzene rings is 4. The number of amides is 2. The van der Waals surface area contributed by atoms with Crippen LogP contribution in [0.25, 0.3) is 0 Å². The molecule has 4 aromatic rings. The molecule has 4 rings (SSSR count). The van der Waals surface area contributed by atoms with Crippen LogP contribution < -0.4 is 24.5 Å². The molecule has 4 aromatic carbocycles. The van der Waals surface area contributed by atoms with Crippen molar-refractivity contribution in [3.8, 4) is 11.5 Å². The highest BCUT2D eigenvalue weighted by molar-refractivity contribution is 7.92. The fraction of sp³-hybridized carbons (Fsp3) is 0.100. The Balaban J connectivity index is 1.35. The summed E-state index contributed by atoms with van der Waals surface area (Å²) in [6, 6.07) is 25.6. The van der Waals surface area contributed by atoms with Gasteiger partial charge in [-0.15, -0.1) is 0 Å². The van der Waals surface area contributed by atoms with E-state index in [1.807, 2.05) is 0 Å². The van der Waals surface area contributed by atoms with Crippen molar-refractivity contribution in [2.75, 3.05) is 29.9 Å². The third kappa shape index (κ3) is 8.48. The predicted octanol–water partition coefficient (Wildman–Crippen LogP) is 5.37. The quantitative estimate of drug-likeness (QED) is 0.158. The van der Waals surface area contributed by atoms with Gasteiger partial charge in [-0.25, -0.2) is 13.8 Å². The van der Waals surface area contributed by atoms with E-state index < -0.39 is 22.5 Å². The van der Waals surface area contributed by atoms with E-state index in [4.69, 9.17) is 32.7 Å². The minimum Gasteiger partial charge on any atom is -0.495 e. The molecule has 0 atom stereocenters. The third-order valence-corrected chi connectivity index (χ3v) is 8.37. The minimum atomic E-state index is -4.12. The topological polar surface area (TPSA) is 126 Å². The molecule has 2 N–H and O–H groups in total. The summed E-state index contributed by atoms with van der Waals surface area (Å²) in [4.78, 5) is 25.0. The maximum absolute atomic E-state index is 13.4. The second-order valence-electron chi connectivity index (χ2n) is 8.82. The third-order valence-electron chi connectivity index (χ3n) is 5.84. The van der Waals surface area contributed by atoms with Gasteiger partial charge in [0.25, 0.3) is 21.8 Å². The number of para-hydroxylation sites is 2. The summed E-state index contributed by atoms with van der Waals surface area (Å²) in [7, 11) is -2.61. The van der Waals surface area contributed by atoms with Gasteiger partial charge in [0.1, 0.15) is 18.0 Å². The van der Waals surface area contributed by atoms with E-state index in [1.165, 1.54) is 43.7 Å². The van der Waals surface area contributed by atoms with Crippen molar-refractivity contribution in [3.63, 3.8) is 0 Å². The van der Waals surface area contributed by atoms with E-state index in [0.29, 0.717) is 22.7 Å². The van der Waals surface area contributed by atoms with Crippen molar-refractivity contribution in [1.82, 2.24) is 5.43 Å². The molecule has 43 heavy (non-hydrogen) atoms. The monoisotopic (exact) mass is 640 g/mol. The minimum absolute atomic E-state index is 0.00282. The summed E-state index contributed by atoms with van der Waals surface area (Å²) in [5, 5.41) is 7.03. The van der Waals surface area contributed by atoms with Crippen LogP contribution in [0.1, 0.15) is 5.56 Å². The number of sulfonamides is 1. The number of anilines is 2. The Morgan fingerprint density at radius 2 is 1.58 bits per heavy atom. The van der Waals surface area contributed by atoms with Gasteiger partial charge in [-0.3, -0.25) is 13.9 Å². The lowest BCUT2D eigenvalue weighted by Crippen LogP contribution is -2.39. The number of carbonyl (C=O) groups excluding carboxylic acids is 2. The maximum Gasteiger partial charge on any atom is 0.264 e. The van der Waals surface area contributed by atoms with E-state index >= 15 is 0 Å². The van der Waals surface area contributed by atoms with Crippen LogP contribution in [0.4, 0.5) is 11.4 Å². The van der Waals surface area contributed by atoms with Crippen molar-refractivity contribution in [2.24, 2.45) is 5.10 Å². The van der Waals surface area contributed by atoms with E-state index in [1.54, 1.807) is 66.7 Å². The average molecular weight is 642 g/mol. The van der Waals surface area contributed by atoms with Crippen LogP contribution in [0.2, 0.25) is 10.0 Å². The molecular weight excluding hydrogens is 615 g/mol. The summed E-state index contributed by atoms with van der Waals surface area (Å²) >= 11 is 12.1. The molecule has 2 amide bonds. The fourth-order valence-electron chi connectivity index (χ4n) is 3.75. The number of nitrogens with zero attached hydrogens (tertiary/aromatic N) is 2. The Hall–Kier alpha value is -4.58. The highest BCUT2D eigenvalue weighted by Gasteiger charge is 2.27. The second kappa shape index (κ2) is 14.5. The van der Waals surface area contributed by atoms with Gasteiger partial charge in [-0.1, -0.05) is 53.5 Å². The zero-order chi connectivity index (χ0) is 30.8. The lowest BCUT2D eigenvalue weighted by atomic mass is 10.2. The first-order valence-corrected chi connectivity index (χ1v) is 14.9. The first-order chi connectivity index (χ1) is 20.7. The Bertz CT molecular complexity index is 1720. The summed E-state index contributed by atoms with van der Waals surface area (Å²) in [6.07, 6.45) is 1.38. The van der Waals surface area contributed by atoms with Gasteiger partial charge in [0.15, 0.2) is 6.61 Å². The van der Waals surface area contributed by atoms with Gasteiger partial charge in [-0.2, -0.15) is 5.10 Å². The van der Waals surface area contributed by atoms with E-state index in [0.717, 1.165) is 4.31 Å². The van der Waals surface area contributed by atoms with E-state index in [-0.39, 0.29) is 33.1 Å². The number of nitrogens with one attached hydrogen (secondary N) is 2. The van der Waals surface area contributed by atoms with Crippen LogP contribution in [0.3, 0.4) is 0 Å². The second-order valence-corrected chi connectivity index (χ2v) is 11.5. The van der Waals surface area contributed by atoms with Gasteiger partial charge in [-0.05, 0) is 72.3 Å². The molecule has 0 fully saturated rings. The summed E-state index contributed by atoms with van der Waals surface area (Å²) < 4.78 is 38.5. The molecule has 0 heterocycles. The van der Waals surface area contributed by atoms with Crippen molar-refractivity contribution in [1.29, 1.82) is 0 Å². The molecule has 222 valence electrons. The number of hydrogen-bond acceptors (Lipinski definition) is 7. The van der Waals surface area contributed by atoms with Crippen LogP contribution in [0.5, 0.6) is 11.5 Å². The van der Waals surface area contributed by atoms with Crippen LogP contribution >= 0.6 is 23.2 Å². The fourth-order valence-corrected chi connectivity index (χ4v) is 5.48. The van der Waals surface area contributed by atoms with Gasteiger partial charge in [0, 0.05) is 0 Å². The number of ether oxygens (including phenoxy) is 2. The molecular formula is C30H26Cl2N4O6S. The van der Waals surface area contributed by atoms with E-state index in [2.05, 4.69) is 15.8 Å². The normalized spacial score (nSPS) is 11.1. The van der Waals surface area contributed by atoms with Crippen molar-refractivity contribution < 1.29 is 27.5 Å². The molecule has 0 aliphatic carbocycles. The van der Waals surface area contributed by atoms with Crippen LogP contribution in [-0.2, 0) is 19.6 Å². The van der Waals surface area contributed by atoms with Crippen molar-refractivity contribution >= 4 is 62.6 Å². The molecule has 0 aromatic heterocycles. The smallest absolute Gasteiger partial charge is 0.264 e. The number of methoxy groups -OCH3 is 1. The van der Waals surface area contributed by atoms with Crippen LogP contribution in [-0.4, -0.2) is 46.7 Å². The summed E-state index contributed by atoms with van der Waals surface area (Å²) in [6.45, 7) is -0.793. The highest BCUT2D eigenvalue weighted by atomic mass is 35.5. The predicted molar refractivity (Wildman–Crippen MR) is 167 cm³/mol. The molecule has 0 unspecified atom stereocenters. The summed E-state index contributed by atoms with van der Waals surface area (Å²) in [5.74, 6) is -0.0730. The van der Waals surface area contributed by atoms with Crippen molar-refractivity contribution in [2.45, 2.75) is 4.90 Å². The Kier molecular flexibility index (Phi) is 10.6. The van der Waals surface area contributed by atoms with E-state index in [9.17, 15) is 18.0 Å². The van der Waals surface area contributed by atoms with Gasteiger partial charge >= 0.3 is 0 Å². The number of halogens is 2. The number of carbonyl (C=O) groups is 2. The Morgan fingerprint density at radius 1 is 0.884 bits per heavy atom. The lowest BCUT2D eigenvalue weighted by molar-refractivity contribution is -0.119. The van der Waals surface area contributed by atoms with Crippen LogP contribution in [0.15, 0.2) is 107 Å². The number of hydrogen-bond donors (Lipinski definition) is 2. The maximum atomic E-state index is 13.4. The molecule has 0 aliphatic heterocycles. The number of hydrazone groups is 1. The SMILES string of the molecule is COc1ccccc1NC(=O)COc1ccc(/C=N\NC(=O)CN(c2ccc(Cl)c(Cl)c2)S(=O)(=O)c2ccccc2)cc1. The largest absolute Gasteiger partial charge is 0.495 e. The number of rotatable bonds is 12. The molecule has 0 bridgehead atoms. The molecule has 0 aliphatic rings. The molecule has 0 spiro atoms. The first-order valence-electron chi connectivity index (χ1n) is 12.7. The zero-order valence-electron chi connectivity index (χ0n) is 22.7. The van der Waals surface area contributed by atoms with Crippen LogP contribution in [0, 0.1) is 0 Å². The first kappa shape index (κ1) is 31.4. The molecule has 0 saturated carbocycles. The average Bonchev–Trinajstić information content (AvgIpc) is 3.01. The molecule has 0 radical (unpaired) electrons. The molecule has 0 saturated heterocycles. The van der Waals surface area contributed by atoms with Gasteiger partial charge in [0.2, 0.25) is 0 Å². The van der Waals surface area contributed by atoms with Gasteiger partial charge in [0.05, 0.1) is 39.6 Å². The van der Waals surface area contributed by atoms with Gasteiger partial charge < -0.3 is 14.8 Å². The lowest BCUT2D eigenvalue weighted by Gasteiger charge is -2.24. The molecule has 13 heteroatoms. The van der Waals surface area contributed by atoms with Crippen molar-refractivity contribution in [3.05, 3.63) is 113 Å². The highest BCUT2D eigenvalue weighted by Crippen LogP contribution is 2.30. The zero-order valence-corrected chi connectivity index (χ0v) is 25.1. The summed E-state index contributed by atoms with van der Waals surface area (Å²) in [5.41, 5.74) is 3.64. The standard InChI is InChI=1S/C30H26Cl2N4O6S/c1-41-28-10-6-5-9-27(28)34-30(38)20-42-23-14-11-21(12-15-23)18-33-35-29(37)19-36(22-13-16-25(31)26(32)17-22)43(39,40)24-7-3-2-4-8-24/h2-18H,19-20H2,1H3,(H,34,38)(H,35,37)/b33-18-.